The summed E-state index contributed by atoms with van der Waals surface area (Å²) in [6.45, 7) is -10.2. The normalized spacial score (nSPS) is 20.5. The van der Waals surface area contributed by atoms with E-state index in [1.165, 1.54) is 0 Å². The number of hydrogen-bond donors (Lipinski definition) is 1. The van der Waals surface area contributed by atoms with Crippen molar-refractivity contribution in [1.29, 1.82) is 0 Å². The van der Waals surface area contributed by atoms with E-state index in [4.69, 9.17) is 12.3 Å². The summed E-state index contributed by atoms with van der Waals surface area (Å²) in [7, 11) is 0. The molecular formula is C16H17N3O. The standard InChI is InChI=1S/C16H17N3O/c1-16(2,3)11-8-9-15(20)14(10-11)19-17-12-6-4-5-7-13(12)18-19/h4-10,20H,1-3H3/i1D3,2D3,3D3. The fourth-order valence-electron chi connectivity index (χ4n) is 1.88. The van der Waals surface area contributed by atoms with E-state index in [0.29, 0.717) is 11.0 Å². The predicted octanol–water partition coefficient (Wildman–Crippen LogP) is 3.42. The molecule has 0 spiro atoms. The lowest BCUT2D eigenvalue weighted by molar-refractivity contribution is 0.466. The number of aromatic nitrogens is 3. The summed E-state index contributed by atoms with van der Waals surface area (Å²) in [4.78, 5) is 1.01. The molecule has 0 aliphatic carbocycles. The van der Waals surface area contributed by atoms with E-state index in [9.17, 15) is 5.11 Å². The number of benzene rings is 2. The van der Waals surface area contributed by atoms with Gasteiger partial charge < -0.3 is 5.11 Å². The number of phenols is 1. The Morgan fingerprint density at radius 1 is 1.05 bits per heavy atom. The highest BCUT2D eigenvalue weighted by atomic mass is 16.3. The lowest BCUT2D eigenvalue weighted by Gasteiger charge is -2.19. The highest BCUT2D eigenvalue weighted by Crippen LogP contribution is 2.29. The van der Waals surface area contributed by atoms with Crippen LogP contribution < -0.4 is 0 Å². The van der Waals surface area contributed by atoms with Crippen LogP contribution >= 0.6 is 0 Å². The van der Waals surface area contributed by atoms with Crippen LogP contribution in [0.5, 0.6) is 5.75 Å². The van der Waals surface area contributed by atoms with Gasteiger partial charge in [0.05, 0.1) is 0 Å². The van der Waals surface area contributed by atoms with Gasteiger partial charge in [0.2, 0.25) is 0 Å². The fraction of sp³-hybridized carbons (Fsp3) is 0.250. The van der Waals surface area contributed by atoms with Crippen molar-refractivity contribution in [1.82, 2.24) is 15.0 Å². The zero-order valence-corrected chi connectivity index (χ0v) is 10.3. The predicted molar refractivity (Wildman–Crippen MR) is 79.2 cm³/mol. The first-order valence-corrected chi connectivity index (χ1v) is 5.86. The second kappa shape index (κ2) is 4.34. The van der Waals surface area contributed by atoms with E-state index in [0.717, 1.165) is 23.0 Å². The van der Waals surface area contributed by atoms with Gasteiger partial charge in [-0.05, 0) is 35.2 Å². The minimum atomic E-state index is -3.40. The SMILES string of the molecule is [2H]C([2H])([2H])C(c1ccc(O)c(-n2nc3ccccc3n2)c1)(C([2H])([2H])[2H])C([2H])([2H])[2H]. The third-order valence-electron chi connectivity index (χ3n) is 2.91. The monoisotopic (exact) mass is 276 g/mol. The number of hydrogen-bond acceptors (Lipinski definition) is 3. The first-order chi connectivity index (χ1) is 13.2. The maximum atomic E-state index is 10.3. The molecule has 1 N–H and O–H groups in total. The average molecular weight is 276 g/mol. The minimum Gasteiger partial charge on any atom is -0.506 e. The van der Waals surface area contributed by atoms with Crippen molar-refractivity contribution in [3.05, 3.63) is 48.0 Å². The van der Waals surface area contributed by atoms with Crippen LogP contribution in [-0.4, -0.2) is 20.1 Å². The largest absolute Gasteiger partial charge is 0.506 e. The van der Waals surface area contributed by atoms with Crippen molar-refractivity contribution in [3.63, 3.8) is 0 Å². The zero-order chi connectivity index (χ0) is 21.8. The van der Waals surface area contributed by atoms with E-state index in [1.54, 1.807) is 24.3 Å². The van der Waals surface area contributed by atoms with Crippen molar-refractivity contribution in [2.24, 2.45) is 0 Å². The van der Waals surface area contributed by atoms with Crippen LogP contribution in [-0.2, 0) is 5.41 Å². The van der Waals surface area contributed by atoms with Gasteiger partial charge >= 0.3 is 0 Å². The van der Waals surface area contributed by atoms with Gasteiger partial charge in [0, 0.05) is 12.3 Å². The Morgan fingerprint density at radius 3 is 2.30 bits per heavy atom. The molecule has 0 amide bonds. The zero-order valence-electron chi connectivity index (χ0n) is 19.3. The topological polar surface area (TPSA) is 50.9 Å². The van der Waals surface area contributed by atoms with Crippen molar-refractivity contribution >= 4 is 11.0 Å². The van der Waals surface area contributed by atoms with Gasteiger partial charge in [-0.1, -0.05) is 38.8 Å². The Labute approximate surface area is 130 Å². The smallest absolute Gasteiger partial charge is 0.143 e. The highest BCUT2D eigenvalue weighted by Gasteiger charge is 2.17. The molecule has 0 saturated carbocycles. The quantitative estimate of drug-likeness (QED) is 0.741. The molecule has 0 atom stereocenters. The van der Waals surface area contributed by atoms with Crippen molar-refractivity contribution < 1.29 is 17.4 Å². The van der Waals surface area contributed by atoms with Crippen LogP contribution in [0.1, 0.15) is 38.5 Å². The van der Waals surface area contributed by atoms with E-state index in [2.05, 4.69) is 10.2 Å². The molecule has 1 heterocycles. The molecule has 0 fully saturated rings. The Kier molecular flexibility index (Phi) is 1.29. The van der Waals surface area contributed by atoms with Crippen LogP contribution in [0.4, 0.5) is 0 Å². The molecule has 0 radical (unpaired) electrons. The highest BCUT2D eigenvalue weighted by molar-refractivity contribution is 5.73. The third kappa shape index (κ3) is 2.13. The van der Waals surface area contributed by atoms with E-state index >= 15 is 0 Å². The second-order valence-electron chi connectivity index (χ2n) is 4.43. The number of aromatic hydroxyl groups is 1. The Balaban J connectivity index is 2.33. The van der Waals surface area contributed by atoms with Gasteiger partial charge in [-0.3, -0.25) is 0 Å². The summed E-state index contributed by atoms with van der Waals surface area (Å²) >= 11 is 0. The maximum absolute atomic E-state index is 10.3. The Bertz CT molecular complexity index is 981. The third-order valence-corrected chi connectivity index (χ3v) is 2.91. The van der Waals surface area contributed by atoms with Crippen molar-refractivity contribution in [2.45, 2.75) is 26.0 Å². The fourth-order valence-corrected chi connectivity index (χ4v) is 1.88. The van der Waals surface area contributed by atoms with Gasteiger partial charge in [-0.15, -0.1) is 15.0 Å². The van der Waals surface area contributed by atoms with Gasteiger partial charge in [0.15, 0.2) is 0 Å². The molecular weight excluding hydrogens is 250 g/mol. The number of phenolic OH excluding ortho intramolecular Hbond substituents is 1. The molecule has 102 valence electrons. The summed E-state index contributed by atoms with van der Waals surface area (Å²) in [5.74, 6) is -0.371. The molecule has 3 aromatic rings. The van der Waals surface area contributed by atoms with Crippen LogP contribution in [0.15, 0.2) is 42.5 Å². The first kappa shape index (κ1) is 5.95. The van der Waals surface area contributed by atoms with E-state index < -0.39 is 31.5 Å². The second-order valence-corrected chi connectivity index (χ2v) is 4.43. The molecule has 3 rings (SSSR count). The summed E-state index contributed by atoms with van der Waals surface area (Å²) in [6, 6.07) is 9.80. The van der Waals surface area contributed by atoms with E-state index in [-0.39, 0.29) is 11.4 Å². The number of fused-ring (bicyclic) bond motifs is 1. The molecule has 0 bridgehead atoms. The summed E-state index contributed by atoms with van der Waals surface area (Å²) in [5, 5.41) is 18.6. The van der Waals surface area contributed by atoms with Crippen LogP contribution in [0.25, 0.3) is 16.7 Å². The molecule has 1 aromatic heterocycles. The first-order valence-electron chi connectivity index (χ1n) is 10.4. The molecule has 0 aliphatic heterocycles. The van der Waals surface area contributed by atoms with Crippen LogP contribution in [0.3, 0.4) is 0 Å². The average Bonchev–Trinajstić information content (AvgIpc) is 2.96. The number of nitrogens with zero attached hydrogens (tertiary/aromatic N) is 3. The van der Waals surface area contributed by atoms with Crippen molar-refractivity contribution in [3.8, 4) is 11.4 Å². The lowest BCUT2D eigenvalue weighted by atomic mass is 9.87. The maximum Gasteiger partial charge on any atom is 0.143 e. The molecule has 20 heavy (non-hydrogen) atoms. The molecule has 4 heteroatoms. The van der Waals surface area contributed by atoms with Gasteiger partial charge in [0.25, 0.3) is 0 Å². The summed E-state index contributed by atoms with van der Waals surface area (Å²) < 4.78 is 70.3. The van der Waals surface area contributed by atoms with Gasteiger partial charge in [0.1, 0.15) is 22.5 Å². The van der Waals surface area contributed by atoms with Crippen LogP contribution in [0.2, 0.25) is 0 Å². The Hall–Kier alpha value is -2.36. The number of rotatable bonds is 1. The van der Waals surface area contributed by atoms with E-state index in [1.807, 2.05) is 0 Å². The van der Waals surface area contributed by atoms with Gasteiger partial charge in [-0.2, -0.15) is 0 Å². The summed E-state index contributed by atoms with van der Waals surface area (Å²) in [6.07, 6.45) is 0. The molecule has 4 nitrogen and oxygen atoms in total. The lowest BCUT2D eigenvalue weighted by Crippen LogP contribution is -2.12. The van der Waals surface area contributed by atoms with Crippen molar-refractivity contribution in [2.75, 3.05) is 0 Å². The van der Waals surface area contributed by atoms with Gasteiger partial charge in [-0.25, -0.2) is 0 Å². The molecule has 0 unspecified atom stereocenters. The minimum absolute atomic E-state index is 0.138. The Morgan fingerprint density at radius 2 is 1.70 bits per heavy atom. The molecule has 2 aromatic carbocycles. The molecule has 0 aliphatic rings. The van der Waals surface area contributed by atoms with Crippen LogP contribution in [0, 0.1) is 0 Å². The summed E-state index contributed by atoms with van der Waals surface area (Å²) in [5.41, 5.74) is -2.85. The molecule has 0 saturated heterocycles.